The Morgan fingerprint density at radius 3 is 2.54 bits per heavy atom. The maximum absolute atomic E-state index is 15.0. The van der Waals surface area contributed by atoms with Crippen molar-refractivity contribution in [2.45, 2.75) is 0 Å². The van der Waals surface area contributed by atoms with Crippen molar-refractivity contribution in [1.29, 1.82) is 0 Å². The second-order valence-corrected chi connectivity index (χ2v) is 10.2. The first kappa shape index (κ1) is 25.4. The van der Waals surface area contributed by atoms with Crippen LogP contribution in [0.4, 0.5) is 27.3 Å². The summed E-state index contributed by atoms with van der Waals surface area (Å²) >= 11 is 6.69. The summed E-state index contributed by atoms with van der Waals surface area (Å²) in [5.41, 5.74) is 4.95. The van der Waals surface area contributed by atoms with Crippen LogP contribution >= 0.6 is 11.6 Å². The molecule has 9 heteroatoms. The minimum Gasteiger partial charge on any atom is -0.507 e. The van der Waals surface area contributed by atoms with E-state index in [-0.39, 0.29) is 5.75 Å². The number of halogens is 2. The third-order valence-electron chi connectivity index (χ3n) is 7.16. The van der Waals surface area contributed by atoms with Gasteiger partial charge in [-0.1, -0.05) is 29.8 Å². The molecule has 1 fully saturated rings. The molecule has 1 aromatic heterocycles. The van der Waals surface area contributed by atoms with Gasteiger partial charge in [0.05, 0.1) is 22.1 Å². The minimum absolute atomic E-state index is 0.0159. The Kier molecular flexibility index (Phi) is 6.99. The van der Waals surface area contributed by atoms with Gasteiger partial charge in [-0.3, -0.25) is 4.90 Å². The SMILES string of the molecule is CN1CCN(c2ccc(-c3cc(F)cc(-c4ccnc(N5CCNc6ccccc65)c4)c3O)cc2Cl)COC1. The maximum Gasteiger partial charge on any atom is 0.133 e. The molecule has 200 valence electrons. The number of aromatic nitrogens is 1. The molecule has 0 unspecified atom stereocenters. The lowest BCUT2D eigenvalue weighted by Crippen LogP contribution is -2.30. The van der Waals surface area contributed by atoms with Crippen molar-refractivity contribution in [3.05, 3.63) is 83.8 Å². The van der Waals surface area contributed by atoms with Crippen LogP contribution in [0.3, 0.4) is 0 Å². The molecule has 0 aliphatic carbocycles. The molecule has 0 bridgehead atoms. The number of nitrogens with one attached hydrogen (secondary N) is 1. The van der Waals surface area contributed by atoms with Gasteiger partial charge in [-0.15, -0.1) is 0 Å². The number of anilines is 4. The molecule has 0 spiro atoms. The van der Waals surface area contributed by atoms with Crippen LogP contribution in [0.2, 0.25) is 5.02 Å². The number of aromatic hydroxyl groups is 1. The summed E-state index contributed by atoms with van der Waals surface area (Å²) < 4.78 is 20.7. The van der Waals surface area contributed by atoms with Gasteiger partial charge in [0.2, 0.25) is 0 Å². The second kappa shape index (κ2) is 10.7. The monoisotopic (exact) mass is 545 g/mol. The molecule has 3 aromatic carbocycles. The summed E-state index contributed by atoms with van der Waals surface area (Å²) in [4.78, 5) is 10.9. The topological polar surface area (TPSA) is 64.1 Å². The van der Waals surface area contributed by atoms with Crippen LogP contribution in [0.25, 0.3) is 22.3 Å². The van der Waals surface area contributed by atoms with Crippen molar-refractivity contribution in [1.82, 2.24) is 9.88 Å². The quantitative estimate of drug-likeness (QED) is 0.318. The van der Waals surface area contributed by atoms with Gasteiger partial charge in [-0.2, -0.15) is 0 Å². The van der Waals surface area contributed by atoms with Gasteiger partial charge in [0.1, 0.15) is 30.8 Å². The van der Waals surface area contributed by atoms with E-state index in [4.69, 9.17) is 16.3 Å². The number of benzene rings is 3. The van der Waals surface area contributed by atoms with E-state index >= 15 is 0 Å². The third kappa shape index (κ3) is 5.11. The number of likely N-dealkylation sites (N-methyl/N-ethyl adjacent to an activating group) is 1. The molecule has 2 aliphatic heterocycles. The highest BCUT2D eigenvalue weighted by molar-refractivity contribution is 6.33. The highest BCUT2D eigenvalue weighted by atomic mass is 35.5. The molecule has 0 radical (unpaired) electrons. The van der Waals surface area contributed by atoms with Crippen LogP contribution in [0.5, 0.6) is 5.75 Å². The number of phenolic OH excluding ortho intramolecular Hbond substituents is 1. The summed E-state index contributed by atoms with van der Waals surface area (Å²) in [5, 5.41) is 15.3. The maximum atomic E-state index is 15.0. The lowest BCUT2D eigenvalue weighted by atomic mass is 9.97. The molecule has 4 aromatic rings. The van der Waals surface area contributed by atoms with Crippen molar-refractivity contribution in [2.75, 3.05) is 61.8 Å². The van der Waals surface area contributed by atoms with Gasteiger partial charge in [0, 0.05) is 43.5 Å². The Balaban J connectivity index is 1.34. The van der Waals surface area contributed by atoms with E-state index in [1.165, 1.54) is 12.1 Å². The van der Waals surface area contributed by atoms with Gasteiger partial charge in [0.15, 0.2) is 0 Å². The number of hydrogen-bond acceptors (Lipinski definition) is 7. The van der Waals surface area contributed by atoms with Crippen LogP contribution in [-0.4, -0.2) is 61.7 Å². The fraction of sp³-hybridized carbons (Fsp3) is 0.233. The van der Waals surface area contributed by atoms with Gasteiger partial charge in [0.25, 0.3) is 0 Å². The van der Waals surface area contributed by atoms with E-state index < -0.39 is 5.82 Å². The molecule has 7 nitrogen and oxygen atoms in total. The van der Waals surface area contributed by atoms with Crippen LogP contribution < -0.4 is 15.1 Å². The average molecular weight is 546 g/mol. The standard InChI is InChI=1S/C30H29ClFN5O2/c1-35-12-13-36(19-39-18-35)27-7-6-20(14-25(27)31)23-16-22(32)17-24(30(23)38)21-8-9-34-29(15-21)37-11-10-33-26-4-2-3-5-28(26)37/h2-9,14-17,33,38H,10-13,18-19H2,1H3. The second-order valence-electron chi connectivity index (χ2n) is 9.82. The molecule has 39 heavy (non-hydrogen) atoms. The smallest absolute Gasteiger partial charge is 0.133 e. The highest BCUT2D eigenvalue weighted by Gasteiger charge is 2.21. The zero-order valence-corrected chi connectivity index (χ0v) is 22.3. The molecular formula is C30H29ClFN5O2. The number of phenols is 1. The molecule has 3 heterocycles. The van der Waals surface area contributed by atoms with Crippen molar-refractivity contribution < 1.29 is 14.2 Å². The molecule has 2 aliphatic rings. The van der Waals surface area contributed by atoms with E-state index in [0.29, 0.717) is 40.7 Å². The van der Waals surface area contributed by atoms with Crippen LogP contribution in [0, 0.1) is 5.82 Å². The Bertz CT molecular complexity index is 1520. The molecule has 0 saturated carbocycles. The van der Waals surface area contributed by atoms with Crippen molar-refractivity contribution in [3.8, 4) is 28.0 Å². The predicted molar refractivity (Wildman–Crippen MR) is 154 cm³/mol. The third-order valence-corrected chi connectivity index (χ3v) is 7.47. The largest absolute Gasteiger partial charge is 0.507 e. The normalized spacial score (nSPS) is 16.0. The van der Waals surface area contributed by atoms with Crippen molar-refractivity contribution in [3.63, 3.8) is 0 Å². The fourth-order valence-corrected chi connectivity index (χ4v) is 5.44. The summed E-state index contributed by atoms with van der Waals surface area (Å²) in [6.45, 7) is 4.11. The fourth-order valence-electron chi connectivity index (χ4n) is 5.14. The summed E-state index contributed by atoms with van der Waals surface area (Å²) in [6, 6.07) is 19.9. The van der Waals surface area contributed by atoms with E-state index in [0.717, 1.165) is 49.1 Å². The number of fused-ring (bicyclic) bond motifs is 1. The van der Waals surface area contributed by atoms with Gasteiger partial charge >= 0.3 is 0 Å². The first-order chi connectivity index (χ1) is 19.0. The summed E-state index contributed by atoms with van der Waals surface area (Å²) in [7, 11) is 2.01. The van der Waals surface area contributed by atoms with E-state index in [9.17, 15) is 9.50 Å². The number of nitrogens with zero attached hydrogens (tertiary/aromatic N) is 4. The van der Waals surface area contributed by atoms with Gasteiger partial charge in [-0.05, 0) is 66.7 Å². The number of pyridine rings is 1. The van der Waals surface area contributed by atoms with E-state index in [1.807, 2.05) is 49.5 Å². The van der Waals surface area contributed by atoms with Crippen molar-refractivity contribution in [2.24, 2.45) is 0 Å². The Labute approximate surface area is 232 Å². The van der Waals surface area contributed by atoms with E-state index in [1.54, 1.807) is 18.3 Å². The molecular weight excluding hydrogens is 517 g/mol. The number of rotatable bonds is 4. The molecule has 1 saturated heterocycles. The summed E-state index contributed by atoms with van der Waals surface area (Å²) in [6.07, 6.45) is 1.69. The Morgan fingerprint density at radius 1 is 0.923 bits per heavy atom. The molecule has 2 N–H and O–H groups in total. The molecule has 6 rings (SSSR count). The molecule has 0 atom stereocenters. The first-order valence-electron chi connectivity index (χ1n) is 12.9. The van der Waals surface area contributed by atoms with E-state index in [2.05, 4.69) is 25.0 Å². The van der Waals surface area contributed by atoms with Gasteiger partial charge in [-0.25, -0.2) is 9.37 Å². The number of ether oxygens (including phenoxy) is 1. The van der Waals surface area contributed by atoms with Crippen LogP contribution in [0.15, 0.2) is 72.9 Å². The highest BCUT2D eigenvalue weighted by Crippen LogP contribution is 2.42. The zero-order chi connectivity index (χ0) is 26.9. The zero-order valence-electron chi connectivity index (χ0n) is 21.6. The van der Waals surface area contributed by atoms with Crippen LogP contribution in [-0.2, 0) is 4.74 Å². The Morgan fingerprint density at radius 2 is 1.72 bits per heavy atom. The average Bonchev–Trinajstić information content (AvgIpc) is 3.18. The summed E-state index contributed by atoms with van der Waals surface area (Å²) in [5.74, 6) is 0.259. The molecule has 0 amide bonds. The number of para-hydroxylation sites is 2. The lowest BCUT2D eigenvalue weighted by molar-refractivity contribution is 0.0653. The minimum atomic E-state index is -0.451. The lowest BCUT2D eigenvalue weighted by Gasteiger charge is -2.31. The van der Waals surface area contributed by atoms with Crippen LogP contribution in [0.1, 0.15) is 0 Å². The predicted octanol–water partition coefficient (Wildman–Crippen LogP) is 6.16. The first-order valence-corrected chi connectivity index (χ1v) is 13.3. The van der Waals surface area contributed by atoms with Crippen molar-refractivity contribution >= 4 is 34.5 Å². The Hall–Kier alpha value is -3.85. The number of hydrogen-bond donors (Lipinski definition) is 2. The van der Waals surface area contributed by atoms with Gasteiger partial charge < -0.3 is 25.0 Å².